The lowest BCUT2D eigenvalue weighted by atomic mass is 9.66. The Kier molecular flexibility index (Phi) is 2.61. The van der Waals surface area contributed by atoms with Gasteiger partial charge in [0.2, 0.25) is 0 Å². The summed E-state index contributed by atoms with van der Waals surface area (Å²) >= 11 is 0. The monoisotopic (exact) mass is 154 g/mol. The van der Waals surface area contributed by atoms with Crippen LogP contribution in [0.5, 0.6) is 0 Å². The van der Waals surface area contributed by atoms with Gasteiger partial charge in [0.25, 0.3) is 0 Å². The highest BCUT2D eigenvalue weighted by Crippen LogP contribution is 2.43. The Balaban J connectivity index is 2.55. The highest BCUT2D eigenvalue weighted by atomic mass is 14.4. The smallest absolute Gasteiger partial charge is 0.0323 e. The Morgan fingerprint density at radius 3 is 2.00 bits per heavy atom. The van der Waals surface area contributed by atoms with Gasteiger partial charge in [0.1, 0.15) is 0 Å². The van der Waals surface area contributed by atoms with Gasteiger partial charge in [0, 0.05) is 0 Å². The molecule has 1 rings (SSSR count). The summed E-state index contributed by atoms with van der Waals surface area (Å²) in [4.78, 5) is 0. The number of hydrogen-bond donors (Lipinski definition) is 0. The van der Waals surface area contributed by atoms with Gasteiger partial charge in [-0.1, -0.05) is 34.1 Å². The molecular weight excluding hydrogens is 132 g/mol. The molecule has 0 bridgehead atoms. The first-order chi connectivity index (χ1) is 5.06. The van der Waals surface area contributed by atoms with E-state index in [1.165, 1.54) is 25.7 Å². The summed E-state index contributed by atoms with van der Waals surface area (Å²) in [5.74, 6) is 1.92. The Labute approximate surface area is 71.4 Å². The minimum absolute atomic E-state index is 0.664. The van der Waals surface area contributed by atoms with Gasteiger partial charge in [-0.3, -0.25) is 0 Å². The fraction of sp³-hybridized carbons (Fsp3) is 1.00. The molecule has 0 saturated heterocycles. The van der Waals surface area contributed by atoms with Crippen LogP contribution < -0.4 is 0 Å². The molecule has 1 saturated carbocycles. The fourth-order valence-corrected chi connectivity index (χ4v) is 2.91. The van der Waals surface area contributed by atoms with Crippen molar-refractivity contribution >= 4 is 0 Å². The molecule has 0 heterocycles. The summed E-state index contributed by atoms with van der Waals surface area (Å²) in [5.41, 5.74) is 0.664. The van der Waals surface area contributed by atoms with Gasteiger partial charge < -0.3 is 0 Å². The van der Waals surface area contributed by atoms with E-state index in [0.717, 1.165) is 11.8 Å². The lowest BCUT2D eigenvalue weighted by molar-refractivity contribution is 0.119. The fourth-order valence-electron chi connectivity index (χ4n) is 2.91. The van der Waals surface area contributed by atoms with E-state index in [4.69, 9.17) is 0 Å². The molecule has 3 atom stereocenters. The molecular formula is C11H22. The zero-order chi connectivity index (χ0) is 8.48. The summed E-state index contributed by atoms with van der Waals surface area (Å²) in [6, 6.07) is 0. The second-order valence-corrected chi connectivity index (χ2v) is 5.02. The predicted molar refractivity (Wildman–Crippen MR) is 50.6 cm³/mol. The van der Waals surface area contributed by atoms with Gasteiger partial charge >= 0.3 is 0 Å². The SMILES string of the molecule is CCC1(C)C[C@H](C)C[C@H](C)C1. The molecule has 0 spiro atoms. The van der Waals surface area contributed by atoms with E-state index in [9.17, 15) is 0 Å². The standard InChI is InChI=1S/C11H22/c1-5-11(4)7-9(2)6-10(3)8-11/h9-10H,5-8H2,1-4H3/t9-,10+,11?. The average molecular weight is 154 g/mol. The second kappa shape index (κ2) is 3.16. The van der Waals surface area contributed by atoms with Gasteiger partial charge in [-0.2, -0.15) is 0 Å². The highest BCUT2D eigenvalue weighted by molar-refractivity contribution is 4.83. The molecule has 0 aliphatic heterocycles. The van der Waals surface area contributed by atoms with Crippen molar-refractivity contribution in [3.63, 3.8) is 0 Å². The van der Waals surface area contributed by atoms with Crippen LogP contribution in [0.1, 0.15) is 53.4 Å². The maximum Gasteiger partial charge on any atom is -0.0323 e. The van der Waals surface area contributed by atoms with E-state index >= 15 is 0 Å². The van der Waals surface area contributed by atoms with E-state index < -0.39 is 0 Å². The van der Waals surface area contributed by atoms with Crippen molar-refractivity contribution in [1.29, 1.82) is 0 Å². The van der Waals surface area contributed by atoms with Crippen LogP contribution in [0.3, 0.4) is 0 Å². The average Bonchev–Trinajstić information content (AvgIpc) is 1.84. The summed E-state index contributed by atoms with van der Waals surface area (Å²) in [7, 11) is 0. The quantitative estimate of drug-likeness (QED) is 0.538. The van der Waals surface area contributed by atoms with Gasteiger partial charge in [0.05, 0.1) is 0 Å². The van der Waals surface area contributed by atoms with Crippen LogP contribution in [0.15, 0.2) is 0 Å². The van der Waals surface area contributed by atoms with Crippen molar-refractivity contribution in [3.8, 4) is 0 Å². The van der Waals surface area contributed by atoms with Crippen LogP contribution in [0.25, 0.3) is 0 Å². The van der Waals surface area contributed by atoms with Crippen molar-refractivity contribution in [2.45, 2.75) is 53.4 Å². The maximum absolute atomic E-state index is 2.46. The van der Waals surface area contributed by atoms with Crippen LogP contribution in [-0.4, -0.2) is 0 Å². The van der Waals surface area contributed by atoms with Crippen molar-refractivity contribution in [3.05, 3.63) is 0 Å². The van der Waals surface area contributed by atoms with E-state index in [1.807, 2.05) is 0 Å². The lowest BCUT2D eigenvalue weighted by Crippen LogP contribution is -2.28. The van der Waals surface area contributed by atoms with E-state index in [0.29, 0.717) is 5.41 Å². The molecule has 1 unspecified atom stereocenters. The van der Waals surface area contributed by atoms with Crippen LogP contribution in [0.2, 0.25) is 0 Å². The third-order valence-electron chi connectivity index (χ3n) is 3.34. The van der Waals surface area contributed by atoms with Crippen LogP contribution in [0.4, 0.5) is 0 Å². The van der Waals surface area contributed by atoms with Crippen molar-refractivity contribution in [2.24, 2.45) is 17.3 Å². The first kappa shape index (κ1) is 9.09. The molecule has 1 fully saturated rings. The Bertz CT molecular complexity index is 116. The molecule has 0 amide bonds. The molecule has 11 heavy (non-hydrogen) atoms. The molecule has 66 valence electrons. The second-order valence-electron chi connectivity index (χ2n) is 5.02. The third kappa shape index (κ3) is 2.21. The van der Waals surface area contributed by atoms with Gasteiger partial charge in [-0.25, -0.2) is 0 Å². The third-order valence-corrected chi connectivity index (χ3v) is 3.34. The van der Waals surface area contributed by atoms with Gasteiger partial charge in [-0.05, 0) is 36.5 Å². The van der Waals surface area contributed by atoms with Crippen LogP contribution in [0, 0.1) is 17.3 Å². The molecule has 0 N–H and O–H groups in total. The van der Waals surface area contributed by atoms with E-state index in [1.54, 1.807) is 0 Å². The zero-order valence-electron chi connectivity index (χ0n) is 8.48. The first-order valence-electron chi connectivity index (χ1n) is 5.06. The highest BCUT2D eigenvalue weighted by Gasteiger charge is 2.31. The molecule has 0 aromatic rings. The Morgan fingerprint density at radius 1 is 1.18 bits per heavy atom. The first-order valence-corrected chi connectivity index (χ1v) is 5.06. The van der Waals surface area contributed by atoms with Crippen molar-refractivity contribution < 1.29 is 0 Å². The molecule has 1 aliphatic carbocycles. The van der Waals surface area contributed by atoms with Crippen molar-refractivity contribution in [1.82, 2.24) is 0 Å². The Hall–Kier alpha value is 0. The minimum Gasteiger partial charge on any atom is -0.0649 e. The lowest BCUT2D eigenvalue weighted by Gasteiger charge is -2.39. The largest absolute Gasteiger partial charge is 0.0649 e. The zero-order valence-corrected chi connectivity index (χ0v) is 8.48. The van der Waals surface area contributed by atoms with E-state index in [-0.39, 0.29) is 0 Å². The summed E-state index contributed by atoms with van der Waals surface area (Å²) in [6.45, 7) is 9.61. The normalized spacial score (nSPS) is 45.8. The van der Waals surface area contributed by atoms with Crippen LogP contribution in [-0.2, 0) is 0 Å². The minimum atomic E-state index is 0.664. The summed E-state index contributed by atoms with van der Waals surface area (Å²) in [6.07, 6.45) is 5.72. The number of rotatable bonds is 1. The van der Waals surface area contributed by atoms with E-state index in [2.05, 4.69) is 27.7 Å². The molecule has 0 aromatic heterocycles. The molecule has 0 radical (unpaired) electrons. The molecule has 0 heteroatoms. The Morgan fingerprint density at radius 2 is 1.64 bits per heavy atom. The van der Waals surface area contributed by atoms with Crippen molar-refractivity contribution in [2.75, 3.05) is 0 Å². The summed E-state index contributed by atoms with van der Waals surface area (Å²) in [5, 5.41) is 0. The summed E-state index contributed by atoms with van der Waals surface area (Å²) < 4.78 is 0. The molecule has 1 aliphatic rings. The topological polar surface area (TPSA) is 0 Å². The molecule has 0 aromatic carbocycles. The predicted octanol–water partition coefficient (Wildman–Crippen LogP) is 3.86. The number of hydrogen-bond acceptors (Lipinski definition) is 0. The van der Waals surface area contributed by atoms with Crippen LogP contribution >= 0.6 is 0 Å². The van der Waals surface area contributed by atoms with Gasteiger partial charge in [-0.15, -0.1) is 0 Å². The molecule has 0 nitrogen and oxygen atoms in total. The maximum atomic E-state index is 2.46. The van der Waals surface area contributed by atoms with Gasteiger partial charge in [0.15, 0.2) is 0 Å².